The first-order valence-electron chi connectivity index (χ1n) is 8.88. The van der Waals surface area contributed by atoms with Gasteiger partial charge in [0.05, 0.1) is 6.10 Å². The highest BCUT2D eigenvalue weighted by Gasteiger charge is 2.51. The van der Waals surface area contributed by atoms with Crippen molar-refractivity contribution in [3.8, 4) is 0 Å². The van der Waals surface area contributed by atoms with Gasteiger partial charge in [0.1, 0.15) is 0 Å². The lowest BCUT2D eigenvalue weighted by Crippen LogP contribution is -2.49. The molecule has 2 heteroatoms. The van der Waals surface area contributed by atoms with Crippen LogP contribution in [0.1, 0.15) is 72.6 Å². The minimum atomic E-state index is -1.85. The van der Waals surface area contributed by atoms with Gasteiger partial charge in [-0.2, -0.15) is 0 Å². The van der Waals surface area contributed by atoms with Crippen LogP contribution in [0.3, 0.4) is 0 Å². The second kappa shape index (κ2) is 6.12. The fourth-order valence-electron chi connectivity index (χ4n) is 4.79. The Hall–Kier alpha value is -0.603. The van der Waals surface area contributed by atoms with Crippen molar-refractivity contribution in [2.24, 2.45) is 5.41 Å². The molecule has 1 aliphatic carbocycles. The molecule has 0 radical (unpaired) electrons. The maximum Gasteiger partial charge on any atom is 0.201 e. The molecule has 0 aromatic heterocycles. The van der Waals surface area contributed by atoms with Gasteiger partial charge in [0.2, 0.25) is 8.32 Å². The van der Waals surface area contributed by atoms with Gasteiger partial charge in [-0.3, -0.25) is 0 Å². The fourth-order valence-corrected chi connectivity index (χ4v) is 10.5. The van der Waals surface area contributed by atoms with Crippen LogP contribution in [0.15, 0.2) is 24.3 Å². The second-order valence-corrected chi connectivity index (χ2v) is 14.1. The summed E-state index contributed by atoms with van der Waals surface area (Å²) in [5, 5.41) is 0. The van der Waals surface area contributed by atoms with E-state index in [0.29, 0.717) is 16.6 Å². The molecule has 2 rings (SSSR count). The molecule has 1 nitrogen and oxygen atoms in total. The van der Waals surface area contributed by atoms with Crippen LogP contribution in [-0.4, -0.2) is 8.32 Å². The van der Waals surface area contributed by atoms with E-state index < -0.39 is 8.32 Å². The van der Waals surface area contributed by atoms with Gasteiger partial charge in [0.25, 0.3) is 0 Å². The Morgan fingerprint density at radius 3 is 1.95 bits per heavy atom. The van der Waals surface area contributed by atoms with Crippen molar-refractivity contribution < 1.29 is 4.43 Å². The first kappa shape index (κ1) is 17.7. The van der Waals surface area contributed by atoms with Crippen LogP contribution in [0.25, 0.3) is 0 Å². The third kappa shape index (κ3) is 2.80. The molecule has 0 N–H and O–H groups in total. The van der Waals surface area contributed by atoms with Gasteiger partial charge in [0, 0.05) is 0 Å². The highest BCUT2D eigenvalue weighted by atomic mass is 28.4. The minimum absolute atomic E-state index is 0.195. The largest absolute Gasteiger partial charge is 0.409 e. The molecule has 1 aromatic carbocycles. The summed E-state index contributed by atoms with van der Waals surface area (Å²) < 4.78 is 7.16. The van der Waals surface area contributed by atoms with Gasteiger partial charge >= 0.3 is 0 Å². The van der Waals surface area contributed by atoms with E-state index in [0.717, 1.165) is 6.42 Å². The molecule has 0 spiro atoms. The summed E-state index contributed by atoms with van der Waals surface area (Å²) in [6, 6.07) is 8.90. The lowest BCUT2D eigenvalue weighted by molar-refractivity contribution is 0.0720. The van der Waals surface area contributed by atoms with E-state index >= 15 is 0 Å². The van der Waals surface area contributed by atoms with Crippen molar-refractivity contribution in [2.45, 2.75) is 84.5 Å². The zero-order valence-electron chi connectivity index (χ0n) is 15.7. The molecule has 1 atom stereocenters. The van der Waals surface area contributed by atoms with Gasteiger partial charge in [-0.1, -0.05) is 79.7 Å². The summed E-state index contributed by atoms with van der Waals surface area (Å²) in [5.74, 6) is 0. The van der Waals surface area contributed by atoms with E-state index in [1.54, 1.807) is 0 Å². The van der Waals surface area contributed by atoms with Crippen molar-refractivity contribution in [2.75, 3.05) is 0 Å². The molecule has 1 unspecified atom stereocenters. The van der Waals surface area contributed by atoms with Crippen molar-refractivity contribution in [1.29, 1.82) is 0 Å². The van der Waals surface area contributed by atoms with Gasteiger partial charge in [0.15, 0.2) is 0 Å². The standard InChI is InChI=1S/C20H34OSi/c1-14(2)22(15(3)4,16(5)6)21-19-18-12-10-9-11-17(18)13-20(19,7)8/h9-12,14-16,19H,13H2,1-8H3. The summed E-state index contributed by atoms with van der Waals surface area (Å²) in [4.78, 5) is 0. The molecule has 0 saturated carbocycles. The smallest absolute Gasteiger partial charge is 0.201 e. The van der Waals surface area contributed by atoms with Crippen molar-refractivity contribution in [3.63, 3.8) is 0 Å². The van der Waals surface area contributed by atoms with E-state index in [4.69, 9.17) is 4.43 Å². The van der Waals surface area contributed by atoms with Crippen molar-refractivity contribution >= 4 is 8.32 Å². The van der Waals surface area contributed by atoms with Gasteiger partial charge in [-0.25, -0.2) is 0 Å². The quantitative estimate of drug-likeness (QED) is 0.563. The molecule has 1 aromatic rings. The van der Waals surface area contributed by atoms with E-state index in [9.17, 15) is 0 Å². The SMILES string of the molecule is CC(C)[Si](OC1c2ccccc2CC1(C)C)(C(C)C)C(C)C. The second-order valence-electron chi connectivity index (χ2n) is 8.68. The highest BCUT2D eigenvalue weighted by Crippen LogP contribution is 2.53. The first-order chi connectivity index (χ1) is 10.1. The number of hydrogen-bond acceptors (Lipinski definition) is 1. The zero-order valence-corrected chi connectivity index (χ0v) is 16.7. The molecule has 124 valence electrons. The maximum atomic E-state index is 7.16. The highest BCUT2D eigenvalue weighted by molar-refractivity contribution is 6.77. The molecule has 0 aliphatic heterocycles. The molecule has 0 bridgehead atoms. The molecule has 0 fully saturated rings. The monoisotopic (exact) mass is 318 g/mol. The summed E-state index contributed by atoms with van der Waals surface area (Å²) in [6.07, 6.45) is 1.38. The molecular formula is C20H34OSi. The third-order valence-corrected chi connectivity index (χ3v) is 11.8. The van der Waals surface area contributed by atoms with Crippen LogP contribution in [0.4, 0.5) is 0 Å². The average Bonchev–Trinajstić information content (AvgIpc) is 2.64. The molecular weight excluding hydrogens is 284 g/mol. The van der Waals surface area contributed by atoms with Crippen LogP contribution in [0.5, 0.6) is 0 Å². The Balaban J connectivity index is 2.46. The zero-order chi connectivity index (χ0) is 16.7. The topological polar surface area (TPSA) is 9.23 Å². The predicted octanol–water partition coefficient (Wildman–Crippen LogP) is 6.50. The summed E-state index contributed by atoms with van der Waals surface area (Å²) in [6.45, 7) is 19.0. The van der Waals surface area contributed by atoms with Crippen LogP contribution >= 0.6 is 0 Å². The summed E-state index contributed by atoms with van der Waals surface area (Å²) >= 11 is 0. The average molecular weight is 319 g/mol. The Kier molecular flexibility index (Phi) is 4.94. The van der Waals surface area contributed by atoms with Gasteiger partial charge in [-0.05, 0) is 39.6 Å². The lowest BCUT2D eigenvalue weighted by Gasteiger charge is -2.46. The number of hydrogen-bond donors (Lipinski definition) is 0. The van der Waals surface area contributed by atoms with E-state index in [2.05, 4.69) is 79.7 Å². The molecule has 0 amide bonds. The van der Waals surface area contributed by atoms with Crippen molar-refractivity contribution in [3.05, 3.63) is 35.4 Å². The van der Waals surface area contributed by atoms with Crippen LogP contribution < -0.4 is 0 Å². The number of rotatable bonds is 5. The minimum Gasteiger partial charge on any atom is -0.409 e. The third-order valence-electron chi connectivity index (χ3n) is 5.72. The lowest BCUT2D eigenvalue weighted by atomic mass is 9.87. The Labute approximate surface area is 138 Å². The molecule has 22 heavy (non-hydrogen) atoms. The van der Waals surface area contributed by atoms with Gasteiger partial charge in [-0.15, -0.1) is 0 Å². The van der Waals surface area contributed by atoms with Gasteiger partial charge < -0.3 is 4.43 Å². The van der Waals surface area contributed by atoms with E-state index in [1.165, 1.54) is 11.1 Å². The molecule has 0 heterocycles. The maximum absolute atomic E-state index is 7.16. The van der Waals surface area contributed by atoms with Crippen LogP contribution in [0.2, 0.25) is 16.6 Å². The van der Waals surface area contributed by atoms with E-state index in [-0.39, 0.29) is 11.5 Å². The summed E-state index contributed by atoms with van der Waals surface area (Å²) in [5.41, 5.74) is 5.02. The molecule has 1 aliphatic rings. The Morgan fingerprint density at radius 2 is 1.45 bits per heavy atom. The van der Waals surface area contributed by atoms with E-state index in [1.807, 2.05) is 0 Å². The number of fused-ring (bicyclic) bond motifs is 1. The molecule has 0 saturated heterocycles. The Morgan fingerprint density at radius 1 is 0.955 bits per heavy atom. The Bertz CT molecular complexity index is 494. The fraction of sp³-hybridized carbons (Fsp3) is 0.700. The van der Waals surface area contributed by atoms with Crippen molar-refractivity contribution in [1.82, 2.24) is 0 Å². The summed E-state index contributed by atoms with van der Waals surface area (Å²) in [7, 11) is -1.85. The number of benzene rings is 1. The predicted molar refractivity (Wildman–Crippen MR) is 98.8 cm³/mol. The first-order valence-corrected chi connectivity index (χ1v) is 11.0. The van der Waals surface area contributed by atoms with Crippen LogP contribution in [-0.2, 0) is 10.8 Å². The normalized spacial score (nSPS) is 21.0. The van der Waals surface area contributed by atoms with Crippen LogP contribution in [0, 0.1) is 5.41 Å².